The molecule has 1 N–H and O–H groups in total. The number of nitrogens with one attached hydrogen (secondary N) is 1. The molecule has 1 aromatic heterocycles. The number of hydrogen-bond donors (Lipinski definition) is 1. The zero-order valence-corrected chi connectivity index (χ0v) is 15.0. The van der Waals surface area contributed by atoms with Gasteiger partial charge in [0.25, 0.3) is 5.91 Å². The first-order valence-corrected chi connectivity index (χ1v) is 8.93. The van der Waals surface area contributed by atoms with E-state index in [9.17, 15) is 9.59 Å². The van der Waals surface area contributed by atoms with Gasteiger partial charge in [-0.25, -0.2) is 4.79 Å². The first-order valence-electron chi connectivity index (χ1n) is 8.93. The van der Waals surface area contributed by atoms with Crippen LogP contribution in [-0.4, -0.2) is 48.0 Å². The van der Waals surface area contributed by atoms with Crippen LogP contribution < -0.4 is 10.2 Å². The third kappa shape index (κ3) is 3.14. The van der Waals surface area contributed by atoms with Gasteiger partial charge in [0.2, 0.25) is 0 Å². The topological polar surface area (TPSA) is 65.5 Å². The Morgan fingerprint density at radius 2 is 2.04 bits per heavy atom. The van der Waals surface area contributed by atoms with Crippen molar-refractivity contribution >= 4 is 17.6 Å². The minimum Gasteiger partial charge on any atom is -0.349 e. The van der Waals surface area contributed by atoms with Crippen LogP contribution in [0.1, 0.15) is 30.2 Å². The molecule has 2 aliphatic rings. The number of aromatic nitrogens is 1. The summed E-state index contributed by atoms with van der Waals surface area (Å²) in [6.07, 6.45) is 3.86. The third-order valence-corrected chi connectivity index (χ3v) is 4.96. The van der Waals surface area contributed by atoms with E-state index in [1.165, 1.54) is 0 Å². The Morgan fingerprint density at radius 1 is 1.23 bits per heavy atom. The van der Waals surface area contributed by atoms with E-state index in [0.29, 0.717) is 18.2 Å². The maximum atomic E-state index is 12.3. The first-order chi connectivity index (χ1) is 12.5. The van der Waals surface area contributed by atoms with E-state index in [-0.39, 0.29) is 13.4 Å². The highest BCUT2D eigenvalue weighted by Gasteiger charge is 2.27. The Balaban J connectivity index is 0.00000210. The second kappa shape index (κ2) is 6.44. The lowest BCUT2D eigenvalue weighted by Gasteiger charge is -2.16. The zero-order valence-electron chi connectivity index (χ0n) is 15.0. The molecule has 1 aromatic carbocycles. The molecule has 1 aliphatic heterocycles. The smallest absolute Gasteiger partial charge is 0.324 e. The summed E-state index contributed by atoms with van der Waals surface area (Å²) < 4.78 is 0. The van der Waals surface area contributed by atoms with Crippen LogP contribution in [0.25, 0.3) is 11.3 Å². The number of nitrogens with zero attached hydrogens (tertiary/aromatic N) is 3. The summed E-state index contributed by atoms with van der Waals surface area (Å²) in [6.45, 7) is 3.40. The molecule has 2 heterocycles. The van der Waals surface area contributed by atoms with E-state index in [1.54, 1.807) is 23.0 Å². The molecule has 6 nitrogen and oxygen atoms in total. The van der Waals surface area contributed by atoms with Crippen molar-refractivity contribution in [3.05, 3.63) is 47.7 Å². The van der Waals surface area contributed by atoms with Gasteiger partial charge < -0.3 is 10.2 Å². The molecule has 2 fully saturated rings. The summed E-state index contributed by atoms with van der Waals surface area (Å²) in [7, 11) is 1.80. The number of urea groups is 1. The molecular formula is C20H24N4O2. The lowest BCUT2D eigenvalue weighted by Crippen LogP contribution is -2.29. The molecule has 26 heavy (non-hydrogen) atoms. The van der Waals surface area contributed by atoms with Crippen LogP contribution in [0.15, 0.2) is 36.5 Å². The van der Waals surface area contributed by atoms with Crippen LogP contribution in [0, 0.1) is 6.92 Å². The number of carbonyl (C=O) groups excluding carboxylic acids is 2. The number of rotatable bonds is 4. The van der Waals surface area contributed by atoms with Gasteiger partial charge in [-0.3, -0.25) is 14.7 Å². The van der Waals surface area contributed by atoms with Crippen molar-refractivity contribution in [2.45, 2.75) is 25.8 Å². The molecule has 1 aliphatic carbocycles. The van der Waals surface area contributed by atoms with Crippen LogP contribution in [-0.2, 0) is 0 Å². The Labute approximate surface area is 154 Å². The van der Waals surface area contributed by atoms with Gasteiger partial charge in [-0.15, -0.1) is 0 Å². The number of amides is 3. The summed E-state index contributed by atoms with van der Waals surface area (Å²) in [5.74, 6) is -0.0314. The zero-order chi connectivity index (χ0) is 18.3. The summed E-state index contributed by atoms with van der Waals surface area (Å²) in [6, 6.07) is 9.84. The van der Waals surface area contributed by atoms with Crippen molar-refractivity contribution in [2.24, 2.45) is 0 Å². The Morgan fingerprint density at radius 3 is 2.65 bits per heavy atom. The fourth-order valence-corrected chi connectivity index (χ4v) is 3.13. The number of aryl methyl sites for hydroxylation is 1. The fourth-order valence-electron chi connectivity index (χ4n) is 3.13. The van der Waals surface area contributed by atoms with Gasteiger partial charge in [-0.1, -0.05) is 6.07 Å². The van der Waals surface area contributed by atoms with E-state index >= 15 is 0 Å². The molecule has 136 valence electrons. The summed E-state index contributed by atoms with van der Waals surface area (Å²) in [5.41, 5.74) is 4.24. The lowest BCUT2D eigenvalue weighted by molar-refractivity contribution is 0.0951. The van der Waals surface area contributed by atoms with Gasteiger partial charge in [-0.2, -0.15) is 0 Å². The van der Waals surface area contributed by atoms with Crippen LogP contribution >= 0.6 is 0 Å². The molecule has 6 heteroatoms. The van der Waals surface area contributed by atoms with E-state index in [2.05, 4.69) is 10.3 Å². The minimum atomic E-state index is -0.0314. The van der Waals surface area contributed by atoms with E-state index in [4.69, 9.17) is 0 Å². The van der Waals surface area contributed by atoms with Crippen molar-refractivity contribution < 1.29 is 11.0 Å². The highest BCUT2D eigenvalue weighted by atomic mass is 16.2. The predicted molar refractivity (Wildman–Crippen MR) is 102 cm³/mol. The number of benzene rings is 1. The molecule has 0 radical (unpaired) electrons. The summed E-state index contributed by atoms with van der Waals surface area (Å²) in [4.78, 5) is 32.4. The monoisotopic (exact) mass is 352 g/mol. The van der Waals surface area contributed by atoms with E-state index in [0.717, 1.165) is 41.9 Å². The molecule has 0 unspecified atom stereocenters. The Kier molecular flexibility index (Phi) is 4.11. The average molecular weight is 352 g/mol. The number of hydrogen-bond acceptors (Lipinski definition) is 3. The maximum absolute atomic E-state index is 12.3. The normalized spacial score (nSPS) is 16.9. The van der Waals surface area contributed by atoms with Crippen LogP contribution in [0.4, 0.5) is 10.5 Å². The standard InChI is InChI=1S/C20H22N4O2.H2/c1-13-3-4-14(19(25)22-15-5-6-15)11-17(13)18-8-7-16(12-21-18)24-10-9-23(2)20(24)26;/h3-4,7-8,11-12,15H,5-6,9-10H2,1-2H3,(H,22,25);1H. The van der Waals surface area contributed by atoms with Gasteiger partial charge >= 0.3 is 6.03 Å². The molecule has 4 rings (SSSR count). The molecular weight excluding hydrogens is 328 g/mol. The van der Waals surface area contributed by atoms with Gasteiger partial charge in [0.05, 0.1) is 17.6 Å². The van der Waals surface area contributed by atoms with Crippen molar-refractivity contribution in [1.29, 1.82) is 0 Å². The number of carbonyl (C=O) groups is 2. The molecule has 0 atom stereocenters. The SMILES string of the molecule is Cc1ccc(C(=O)NC2CC2)cc1-c1ccc(N2CCN(C)C2=O)cn1.[HH]. The van der Waals surface area contributed by atoms with Crippen molar-refractivity contribution in [1.82, 2.24) is 15.2 Å². The lowest BCUT2D eigenvalue weighted by atomic mass is 10.0. The van der Waals surface area contributed by atoms with Gasteiger partial charge in [0.15, 0.2) is 0 Å². The number of likely N-dealkylation sites (N-methyl/N-ethyl adjacent to an activating group) is 1. The Bertz CT molecular complexity index is 865. The Hall–Kier alpha value is -2.89. The van der Waals surface area contributed by atoms with Gasteiger partial charge in [-0.05, 0) is 49.6 Å². The largest absolute Gasteiger partial charge is 0.349 e. The summed E-state index contributed by atoms with van der Waals surface area (Å²) >= 11 is 0. The van der Waals surface area contributed by atoms with Crippen molar-refractivity contribution in [3.63, 3.8) is 0 Å². The molecule has 2 aromatic rings. The third-order valence-electron chi connectivity index (χ3n) is 4.96. The predicted octanol–water partition coefficient (Wildman–Crippen LogP) is 3.07. The highest BCUT2D eigenvalue weighted by Crippen LogP contribution is 2.27. The quantitative estimate of drug-likeness (QED) is 0.920. The maximum Gasteiger partial charge on any atom is 0.324 e. The van der Waals surface area contributed by atoms with Crippen molar-refractivity contribution in [2.75, 3.05) is 25.0 Å². The van der Waals surface area contributed by atoms with Crippen LogP contribution in [0.2, 0.25) is 0 Å². The molecule has 3 amide bonds. The number of anilines is 1. The number of pyridine rings is 1. The van der Waals surface area contributed by atoms with Crippen LogP contribution in [0.5, 0.6) is 0 Å². The van der Waals surface area contributed by atoms with E-state index < -0.39 is 0 Å². The highest BCUT2D eigenvalue weighted by molar-refractivity contribution is 5.96. The molecule has 0 spiro atoms. The van der Waals surface area contributed by atoms with E-state index in [1.807, 2.05) is 37.3 Å². The second-order valence-corrected chi connectivity index (χ2v) is 7.03. The van der Waals surface area contributed by atoms with Crippen LogP contribution in [0.3, 0.4) is 0 Å². The summed E-state index contributed by atoms with van der Waals surface area (Å²) in [5, 5.41) is 3.02. The van der Waals surface area contributed by atoms with Gasteiger partial charge in [0, 0.05) is 38.7 Å². The fraction of sp³-hybridized carbons (Fsp3) is 0.350. The van der Waals surface area contributed by atoms with Gasteiger partial charge in [0.1, 0.15) is 0 Å². The molecule has 1 saturated heterocycles. The van der Waals surface area contributed by atoms with Crippen molar-refractivity contribution in [3.8, 4) is 11.3 Å². The average Bonchev–Trinajstić information content (AvgIpc) is 3.40. The first kappa shape index (κ1) is 16.6. The second-order valence-electron chi connectivity index (χ2n) is 7.03. The minimum absolute atomic E-state index is 0. The molecule has 0 bridgehead atoms. The molecule has 1 saturated carbocycles.